The van der Waals surface area contributed by atoms with Gasteiger partial charge in [-0.3, -0.25) is 9.59 Å². The Morgan fingerprint density at radius 2 is 1.88 bits per heavy atom. The van der Waals surface area contributed by atoms with E-state index in [1.54, 1.807) is 6.08 Å². The van der Waals surface area contributed by atoms with E-state index < -0.39 is 34.6 Å². The van der Waals surface area contributed by atoms with Gasteiger partial charge in [0.05, 0.1) is 35.7 Å². The van der Waals surface area contributed by atoms with Crippen molar-refractivity contribution in [3.8, 4) is 0 Å². The molecule has 1 aromatic heterocycles. The van der Waals surface area contributed by atoms with Crippen LogP contribution >= 0.6 is 0 Å². The molecule has 182 valence electrons. The van der Waals surface area contributed by atoms with E-state index in [4.69, 9.17) is 4.74 Å². The maximum absolute atomic E-state index is 15.2. The lowest BCUT2D eigenvalue weighted by Crippen LogP contribution is -2.44. The van der Waals surface area contributed by atoms with Gasteiger partial charge in [-0.2, -0.15) is 13.2 Å². The lowest BCUT2D eigenvalue weighted by atomic mass is 9.99. The van der Waals surface area contributed by atoms with Gasteiger partial charge in [0, 0.05) is 44.0 Å². The van der Waals surface area contributed by atoms with Gasteiger partial charge in [-0.1, -0.05) is 6.08 Å². The maximum atomic E-state index is 15.2. The average molecular weight is 480 g/mol. The van der Waals surface area contributed by atoms with Gasteiger partial charge in [-0.05, 0) is 31.2 Å². The van der Waals surface area contributed by atoms with Crippen LogP contribution in [0.15, 0.2) is 35.3 Å². The van der Waals surface area contributed by atoms with Gasteiger partial charge < -0.3 is 24.8 Å². The third-order valence-corrected chi connectivity index (χ3v) is 5.96. The van der Waals surface area contributed by atoms with Crippen LogP contribution < -0.4 is 15.8 Å². The number of H-pyrrole nitrogens is 1. The fourth-order valence-electron chi connectivity index (χ4n) is 4.07. The minimum Gasteiger partial charge on any atom is -0.377 e. The van der Waals surface area contributed by atoms with Gasteiger partial charge in [0.15, 0.2) is 0 Å². The number of hydrogen-bond donors (Lipinski definition) is 2. The van der Waals surface area contributed by atoms with E-state index in [0.717, 1.165) is 6.20 Å². The lowest BCUT2D eigenvalue weighted by Gasteiger charge is -2.35. The van der Waals surface area contributed by atoms with Crippen LogP contribution in [-0.4, -0.2) is 62.2 Å². The van der Waals surface area contributed by atoms with Gasteiger partial charge in [0.2, 0.25) is 5.56 Å². The molecule has 4 rings (SSSR count). The molecule has 1 aromatic carbocycles. The number of alkyl halides is 3. The Morgan fingerprint density at radius 1 is 1.15 bits per heavy atom. The van der Waals surface area contributed by atoms with E-state index in [1.807, 2.05) is 11.9 Å². The highest BCUT2D eigenvalue weighted by Crippen LogP contribution is 2.36. The number of benzene rings is 1. The molecule has 0 radical (unpaired) electrons. The normalized spacial score (nSPS) is 17.4. The summed E-state index contributed by atoms with van der Waals surface area (Å²) < 4.78 is 60.9. The van der Waals surface area contributed by atoms with Crippen molar-refractivity contribution in [2.75, 3.05) is 56.7 Å². The Labute approximate surface area is 193 Å². The van der Waals surface area contributed by atoms with Crippen molar-refractivity contribution in [1.29, 1.82) is 0 Å². The smallest absolute Gasteiger partial charge is 0.377 e. The molecule has 2 aliphatic heterocycles. The second-order valence-electron chi connectivity index (χ2n) is 8.27. The molecule has 0 unspecified atom stereocenters. The molecule has 1 saturated heterocycles. The van der Waals surface area contributed by atoms with Crippen molar-refractivity contribution in [1.82, 2.24) is 9.88 Å². The van der Waals surface area contributed by atoms with Crippen LogP contribution in [0, 0.1) is 5.82 Å². The summed E-state index contributed by atoms with van der Waals surface area (Å²) in [4.78, 5) is 30.5. The van der Waals surface area contributed by atoms with E-state index in [9.17, 15) is 22.8 Å². The summed E-state index contributed by atoms with van der Waals surface area (Å²) >= 11 is 0. The zero-order valence-corrected chi connectivity index (χ0v) is 18.5. The summed E-state index contributed by atoms with van der Waals surface area (Å²) in [5.41, 5.74) is -1.52. The number of amides is 1. The molecule has 34 heavy (non-hydrogen) atoms. The van der Waals surface area contributed by atoms with Crippen molar-refractivity contribution < 1.29 is 27.1 Å². The first-order valence-electron chi connectivity index (χ1n) is 10.8. The molecule has 1 amide bonds. The number of piperazine rings is 1. The number of anilines is 2. The summed E-state index contributed by atoms with van der Waals surface area (Å²) in [6, 6.07) is 3.11. The molecule has 0 spiro atoms. The Morgan fingerprint density at radius 3 is 2.53 bits per heavy atom. The number of ether oxygens (including phenoxy) is 1. The standard InChI is InChI=1S/C23H24F4N4O3/c1-30-4-6-31(7-5-30)20-12-18(24)15(14-2-8-34-9-3-14)10-19(20)29-22(33)16-13-28-21(32)11-17(16)23(25,26)27/h2,10-13H,3-9H2,1H3,(H,28,32)(H,29,33). The van der Waals surface area contributed by atoms with Crippen molar-refractivity contribution in [3.05, 3.63) is 63.3 Å². The Hall–Kier alpha value is -3.18. The first-order chi connectivity index (χ1) is 16.1. The molecule has 2 aliphatic rings. The first kappa shape index (κ1) is 24.0. The highest BCUT2D eigenvalue weighted by Gasteiger charge is 2.36. The molecule has 0 aliphatic carbocycles. The lowest BCUT2D eigenvalue weighted by molar-refractivity contribution is -0.138. The van der Waals surface area contributed by atoms with Crippen LogP contribution in [0.5, 0.6) is 0 Å². The van der Waals surface area contributed by atoms with Gasteiger partial charge in [0.25, 0.3) is 5.91 Å². The molecule has 0 atom stereocenters. The zero-order valence-electron chi connectivity index (χ0n) is 18.5. The number of halogens is 4. The minimum absolute atomic E-state index is 0.192. The number of nitrogens with one attached hydrogen (secondary N) is 2. The molecule has 3 heterocycles. The first-order valence-corrected chi connectivity index (χ1v) is 10.8. The summed E-state index contributed by atoms with van der Waals surface area (Å²) in [5.74, 6) is -1.54. The largest absolute Gasteiger partial charge is 0.417 e. The van der Waals surface area contributed by atoms with E-state index in [0.29, 0.717) is 63.1 Å². The van der Waals surface area contributed by atoms with Crippen molar-refractivity contribution in [2.45, 2.75) is 12.6 Å². The Balaban J connectivity index is 1.75. The molecule has 11 heteroatoms. The molecular formula is C23H24F4N4O3. The predicted molar refractivity (Wildman–Crippen MR) is 120 cm³/mol. The van der Waals surface area contributed by atoms with Crippen molar-refractivity contribution >= 4 is 22.9 Å². The third-order valence-electron chi connectivity index (χ3n) is 5.96. The van der Waals surface area contributed by atoms with E-state index in [1.165, 1.54) is 12.1 Å². The van der Waals surface area contributed by atoms with Gasteiger partial charge >= 0.3 is 6.18 Å². The fraction of sp³-hybridized carbons (Fsp3) is 0.391. The van der Waals surface area contributed by atoms with Crippen molar-refractivity contribution in [3.63, 3.8) is 0 Å². The van der Waals surface area contributed by atoms with Crippen LogP contribution in [0.4, 0.5) is 28.9 Å². The number of carbonyl (C=O) groups is 1. The van der Waals surface area contributed by atoms with E-state index >= 15 is 4.39 Å². The number of hydrogen-bond acceptors (Lipinski definition) is 5. The van der Waals surface area contributed by atoms with Crippen LogP contribution in [0.25, 0.3) is 5.57 Å². The molecular weight excluding hydrogens is 456 g/mol. The maximum Gasteiger partial charge on any atom is 0.417 e. The quantitative estimate of drug-likeness (QED) is 0.657. The van der Waals surface area contributed by atoms with E-state index in [-0.39, 0.29) is 11.3 Å². The monoisotopic (exact) mass is 480 g/mol. The topological polar surface area (TPSA) is 77.7 Å². The summed E-state index contributed by atoms with van der Waals surface area (Å²) in [6.07, 6.45) is -1.95. The fourth-order valence-corrected chi connectivity index (χ4v) is 4.07. The highest BCUT2D eigenvalue weighted by molar-refractivity contribution is 6.07. The molecule has 7 nitrogen and oxygen atoms in total. The minimum atomic E-state index is -4.90. The number of nitrogens with zero attached hydrogens (tertiary/aromatic N) is 2. The predicted octanol–water partition coefficient (Wildman–Crippen LogP) is 3.34. The molecule has 0 bridgehead atoms. The molecule has 0 saturated carbocycles. The van der Waals surface area contributed by atoms with Gasteiger partial charge in [0.1, 0.15) is 5.82 Å². The number of aromatic nitrogens is 1. The van der Waals surface area contributed by atoms with E-state index in [2.05, 4.69) is 15.2 Å². The number of carbonyl (C=O) groups excluding carboxylic acids is 1. The summed E-state index contributed by atoms with van der Waals surface area (Å²) in [7, 11) is 1.95. The SMILES string of the molecule is CN1CCN(c2cc(F)c(C3=CCOCC3)cc2NC(=O)c2c[nH]c(=O)cc2C(F)(F)F)CC1. The third kappa shape index (κ3) is 5.15. The number of rotatable bonds is 4. The number of pyridine rings is 1. The number of likely N-dealkylation sites (N-methyl/N-ethyl adjacent to an activating group) is 1. The summed E-state index contributed by atoms with van der Waals surface area (Å²) in [6.45, 7) is 3.26. The Kier molecular flexibility index (Phi) is 6.76. The highest BCUT2D eigenvalue weighted by atomic mass is 19.4. The molecule has 1 fully saturated rings. The van der Waals surface area contributed by atoms with Crippen LogP contribution in [-0.2, 0) is 10.9 Å². The Bertz CT molecular complexity index is 1170. The van der Waals surface area contributed by atoms with Crippen LogP contribution in [0.2, 0.25) is 0 Å². The van der Waals surface area contributed by atoms with Crippen LogP contribution in [0.3, 0.4) is 0 Å². The zero-order chi connectivity index (χ0) is 24.5. The average Bonchev–Trinajstić information content (AvgIpc) is 2.80. The second-order valence-corrected chi connectivity index (χ2v) is 8.27. The molecule has 2 aromatic rings. The van der Waals surface area contributed by atoms with Gasteiger partial charge in [-0.25, -0.2) is 4.39 Å². The van der Waals surface area contributed by atoms with Crippen molar-refractivity contribution in [2.24, 2.45) is 0 Å². The summed E-state index contributed by atoms with van der Waals surface area (Å²) in [5, 5.41) is 2.53. The molecule has 2 N–H and O–H groups in total. The van der Waals surface area contributed by atoms with Gasteiger partial charge in [-0.15, -0.1) is 0 Å². The number of aromatic amines is 1. The van der Waals surface area contributed by atoms with Crippen LogP contribution in [0.1, 0.15) is 27.9 Å². The second kappa shape index (κ2) is 9.59.